The Labute approximate surface area is 118 Å². The Morgan fingerprint density at radius 1 is 1.39 bits per heavy atom. The van der Waals surface area contributed by atoms with E-state index in [2.05, 4.69) is 27.7 Å². The number of furan rings is 1. The van der Waals surface area contributed by atoms with Gasteiger partial charge in [0, 0.05) is 10.9 Å². The third-order valence-corrected chi connectivity index (χ3v) is 4.31. The van der Waals surface area contributed by atoms with E-state index in [0.29, 0.717) is 12.4 Å². The van der Waals surface area contributed by atoms with E-state index in [1.165, 1.54) is 0 Å². The van der Waals surface area contributed by atoms with Crippen LogP contribution in [0.3, 0.4) is 0 Å². The van der Waals surface area contributed by atoms with Gasteiger partial charge in [0.25, 0.3) is 0 Å². The molecule has 5 heteroatoms. The van der Waals surface area contributed by atoms with Gasteiger partial charge in [0.1, 0.15) is 11.4 Å². The number of nitrogens with two attached hydrogens (primary N) is 1. The maximum absolute atomic E-state index is 6.03. The van der Waals surface area contributed by atoms with Gasteiger partial charge in [0.05, 0.1) is 22.1 Å². The SMILES string of the molecule is Cc1nn(Cc2coc3ccccc23)c(N)c1I. The summed E-state index contributed by atoms with van der Waals surface area (Å²) in [5.41, 5.74) is 8.97. The predicted molar refractivity (Wildman–Crippen MR) is 79.4 cm³/mol. The number of anilines is 1. The number of nitrogens with zero attached hydrogens (tertiary/aromatic N) is 2. The Kier molecular flexibility index (Phi) is 2.77. The fraction of sp³-hybridized carbons (Fsp3) is 0.154. The number of hydrogen-bond donors (Lipinski definition) is 1. The molecule has 0 fully saturated rings. The van der Waals surface area contributed by atoms with Crippen LogP contribution in [0.5, 0.6) is 0 Å². The number of aryl methyl sites for hydroxylation is 1. The van der Waals surface area contributed by atoms with Crippen molar-refractivity contribution in [3.05, 3.63) is 45.4 Å². The summed E-state index contributed by atoms with van der Waals surface area (Å²) in [6.07, 6.45) is 1.77. The monoisotopic (exact) mass is 353 g/mol. The Bertz CT molecular complexity index is 714. The van der Waals surface area contributed by atoms with Crippen LogP contribution in [0.15, 0.2) is 34.9 Å². The third-order valence-electron chi connectivity index (χ3n) is 2.97. The number of fused-ring (bicyclic) bond motifs is 1. The van der Waals surface area contributed by atoms with Crippen molar-refractivity contribution in [2.24, 2.45) is 0 Å². The molecule has 0 amide bonds. The largest absolute Gasteiger partial charge is 0.464 e. The van der Waals surface area contributed by atoms with E-state index >= 15 is 0 Å². The summed E-state index contributed by atoms with van der Waals surface area (Å²) in [5.74, 6) is 0.707. The summed E-state index contributed by atoms with van der Waals surface area (Å²) in [7, 11) is 0. The van der Waals surface area contributed by atoms with Crippen LogP contribution in [0.1, 0.15) is 11.3 Å². The van der Waals surface area contributed by atoms with E-state index in [0.717, 1.165) is 25.8 Å². The molecule has 2 aromatic heterocycles. The molecule has 18 heavy (non-hydrogen) atoms. The summed E-state index contributed by atoms with van der Waals surface area (Å²) >= 11 is 2.22. The van der Waals surface area contributed by atoms with Crippen LogP contribution >= 0.6 is 22.6 Å². The number of para-hydroxylation sites is 1. The number of rotatable bonds is 2. The van der Waals surface area contributed by atoms with Crippen molar-refractivity contribution >= 4 is 39.4 Å². The van der Waals surface area contributed by atoms with Crippen molar-refractivity contribution in [1.82, 2.24) is 9.78 Å². The molecule has 0 aliphatic heterocycles. The number of nitrogen functional groups attached to an aromatic ring is 1. The summed E-state index contributed by atoms with van der Waals surface area (Å²) in [5, 5.41) is 5.55. The Hall–Kier alpha value is -1.50. The fourth-order valence-corrected chi connectivity index (χ4v) is 2.40. The molecule has 4 nitrogen and oxygen atoms in total. The van der Waals surface area contributed by atoms with Gasteiger partial charge in [-0.05, 0) is 35.6 Å². The topological polar surface area (TPSA) is 57.0 Å². The Morgan fingerprint density at radius 2 is 2.17 bits per heavy atom. The normalized spacial score (nSPS) is 11.2. The first-order valence-corrected chi connectivity index (χ1v) is 6.68. The summed E-state index contributed by atoms with van der Waals surface area (Å²) in [6, 6.07) is 7.97. The second-order valence-corrected chi connectivity index (χ2v) is 5.28. The smallest absolute Gasteiger partial charge is 0.135 e. The van der Waals surface area contributed by atoms with Crippen molar-refractivity contribution < 1.29 is 4.42 Å². The van der Waals surface area contributed by atoms with Crippen molar-refractivity contribution in [3.63, 3.8) is 0 Å². The molecule has 2 N–H and O–H groups in total. The van der Waals surface area contributed by atoms with Crippen LogP contribution in [-0.4, -0.2) is 9.78 Å². The molecule has 0 atom stereocenters. The van der Waals surface area contributed by atoms with Gasteiger partial charge in [-0.3, -0.25) is 0 Å². The minimum absolute atomic E-state index is 0.632. The van der Waals surface area contributed by atoms with Crippen molar-refractivity contribution in [2.45, 2.75) is 13.5 Å². The van der Waals surface area contributed by atoms with E-state index in [4.69, 9.17) is 10.2 Å². The third kappa shape index (κ3) is 1.78. The number of hydrogen-bond acceptors (Lipinski definition) is 3. The summed E-state index contributed by atoms with van der Waals surface area (Å²) < 4.78 is 8.34. The maximum Gasteiger partial charge on any atom is 0.135 e. The van der Waals surface area contributed by atoms with Gasteiger partial charge in [-0.15, -0.1) is 0 Å². The van der Waals surface area contributed by atoms with Gasteiger partial charge in [0.2, 0.25) is 0 Å². The Morgan fingerprint density at radius 3 is 2.89 bits per heavy atom. The van der Waals surface area contributed by atoms with Crippen LogP contribution in [0.25, 0.3) is 11.0 Å². The zero-order valence-electron chi connectivity index (χ0n) is 9.85. The lowest BCUT2D eigenvalue weighted by molar-refractivity contribution is 0.601. The second-order valence-electron chi connectivity index (χ2n) is 4.20. The van der Waals surface area contributed by atoms with Crippen molar-refractivity contribution in [3.8, 4) is 0 Å². The van der Waals surface area contributed by atoms with E-state index < -0.39 is 0 Å². The maximum atomic E-state index is 6.03. The molecular weight excluding hydrogens is 341 g/mol. The van der Waals surface area contributed by atoms with Crippen LogP contribution in [0.2, 0.25) is 0 Å². The second kappa shape index (κ2) is 4.31. The highest BCUT2D eigenvalue weighted by molar-refractivity contribution is 14.1. The lowest BCUT2D eigenvalue weighted by Gasteiger charge is -2.02. The van der Waals surface area contributed by atoms with Crippen LogP contribution in [-0.2, 0) is 6.54 Å². The molecule has 0 radical (unpaired) electrons. The standard InChI is InChI=1S/C13H12IN3O/c1-8-12(14)13(15)17(16-8)6-9-7-18-11-5-3-2-4-10(9)11/h2-5,7H,6,15H2,1H3. The molecule has 0 saturated heterocycles. The average Bonchev–Trinajstić information content (AvgIpc) is 2.89. The molecule has 0 aliphatic rings. The quantitative estimate of drug-likeness (QED) is 0.720. The van der Waals surface area contributed by atoms with E-state index in [-0.39, 0.29) is 0 Å². The van der Waals surface area contributed by atoms with Crippen molar-refractivity contribution in [1.29, 1.82) is 0 Å². The van der Waals surface area contributed by atoms with Crippen LogP contribution in [0, 0.1) is 10.5 Å². The molecule has 92 valence electrons. The highest BCUT2D eigenvalue weighted by atomic mass is 127. The van der Waals surface area contributed by atoms with Gasteiger partial charge in [-0.25, -0.2) is 4.68 Å². The lowest BCUT2D eigenvalue weighted by Crippen LogP contribution is -2.05. The van der Waals surface area contributed by atoms with Crippen LogP contribution < -0.4 is 5.73 Å². The van der Waals surface area contributed by atoms with Crippen molar-refractivity contribution in [2.75, 3.05) is 5.73 Å². The molecule has 3 aromatic rings. The fourth-order valence-electron chi connectivity index (χ4n) is 2.01. The first-order chi connectivity index (χ1) is 8.66. The first kappa shape index (κ1) is 11.6. The van der Waals surface area contributed by atoms with E-state index in [1.807, 2.05) is 35.9 Å². The molecule has 0 saturated carbocycles. The molecule has 0 bridgehead atoms. The first-order valence-electron chi connectivity index (χ1n) is 5.60. The number of benzene rings is 1. The highest BCUT2D eigenvalue weighted by Gasteiger charge is 2.12. The summed E-state index contributed by atoms with van der Waals surface area (Å²) in [6.45, 7) is 2.59. The highest BCUT2D eigenvalue weighted by Crippen LogP contribution is 2.24. The van der Waals surface area contributed by atoms with Gasteiger partial charge in [-0.2, -0.15) is 5.10 Å². The molecule has 0 aliphatic carbocycles. The molecule has 2 heterocycles. The Balaban J connectivity index is 2.04. The molecular formula is C13H12IN3O. The molecule has 1 aromatic carbocycles. The molecule has 3 rings (SSSR count). The van der Waals surface area contributed by atoms with Gasteiger partial charge < -0.3 is 10.2 Å². The zero-order valence-corrected chi connectivity index (χ0v) is 12.0. The minimum atomic E-state index is 0.632. The van der Waals surface area contributed by atoms with E-state index in [1.54, 1.807) is 6.26 Å². The van der Waals surface area contributed by atoms with Crippen LogP contribution in [0.4, 0.5) is 5.82 Å². The van der Waals surface area contributed by atoms with E-state index in [9.17, 15) is 0 Å². The molecule has 0 spiro atoms. The number of halogens is 1. The average molecular weight is 353 g/mol. The lowest BCUT2D eigenvalue weighted by atomic mass is 10.2. The summed E-state index contributed by atoms with van der Waals surface area (Å²) in [4.78, 5) is 0. The van der Waals surface area contributed by atoms with Gasteiger partial charge in [0.15, 0.2) is 0 Å². The van der Waals surface area contributed by atoms with Gasteiger partial charge >= 0.3 is 0 Å². The molecule has 0 unspecified atom stereocenters. The van der Waals surface area contributed by atoms with Gasteiger partial charge in [-0.1, -0.05) is 18.2 Å². The zero-order chi connectivity index (χ0) is 12.7. The predicted octanol–water partition coefficient (Wildman–Crippen LogP) is 3.17. The number of aromatic nitrogens is 2. The minimum Gasteiger partial charge on any atom is -0.464 e.